The van der Waals surface area contributed by atoms with E-state index in [-0.39, 0.29) is 5.75 Å². The zero-order valence-electron chi connectivity index (χ0n) is 9.80. The van der Waals surface area contributed by atoms with Crippen LogP contribution in [0.25, 0.3) is 0 Å². The number of thiophene rings is 1. The van der Waals surface area contributed by atoms with Crippen LogP contribution < -0.4 is 10.1 Å². The van der Waals surface area contributed by atoms with Crippen LogP contribution in [-0.2, 0) is 6.54 Å². The van der Waals surface area contributed by atoms with Crippen molar-refractivity contribution in [3.8, 4) is 5.75 Å². The molecule has 2 rings (SSSR count). The van der Waals surface area contributed by atoms with Gasteiger partial charge in [-0.15, -0.1) is 11.3 Å². The Morgan fingerprint density at radius 2 is 2.05 bits per heavy atom. The molecule has 0 spiro atoms. The third-order valence-electron chi connectivity index (χ3n) is 2.29. The van der Waals surface area contributed by atoms with E-state index < -0.39 is 6.61 Å². The van der Waals surface area contributed by atoms with Crippen LogP contribution in [0.4, 0.5) is 14.5 Å². The highest BCUT2D eigenvalue weighted by atomic mass is 79.9. The Kier molecular flexibility index (Phi) is 5.65. The van der Waals surface area contributed by atoms with Gasteiger partial charge >= 0.3 is 6.61 Å². The number of hydrogen-bond acceptors (Lipinski definition) is 3. The van der Waals surface area contributed by atoms with E-state index >= 15 is 0 Å². The molecule has 0 saturated carbocycles. The average molecular weight is 448 g/mol. The van der Waals surface area contributed by atoms with E-state index in [0.29, 0.717) is 21.7 Å². The second-order valence-electron chi connectivity index (χ2n) is 3.73. The molecule has 2 nitrogen and oxygen atoms in total. The van der Waals surface area contributed by atoms with Gasteiger partial charge in [0.1, 0.15) is 0 Å². The minimum atomic E-state index is -2.90. The van der Waals surface area contributed by atoms with Crippen molar-refractivity contribution in [2.45, 2.75) is 13.2 Å². The van der Waals surface area contributed by atoms with Gasteiger partial charge in [0.05, 0.1) is 10.2 Å². The monoisotopic (exact) mass is 445 g/mol. The van der Waals surface area contributed by atoms with E-state index in [1.165, 1.54) is 6.07 Å². The molecule has 2 aromatic rings. The Morgan fingerprint density at radius 3 is 2.65 bits per heavy atom. The van der Waals surface area contributed by atoms with Crippen molar-refractivity contribution < 1.29 is 13.5 Å². The minimum Gasteiger partial charge on any atom is -0.431 e. The highest BCUT2D eigenvalue weighted by Gasteiger charge is 2.15. The number of ether oxygens (including phenoxy) is 1. The van der Waals surface area contributed by atoms with Gasteiger partial charge in [0.15, 0.2) is 5.75 Å². The van der Waals surface area contributed by atoms with Gasteiger partial charge in [-0.05, 0) is 50.1 Å². The van der Waals surface area contributed by atoms with Crippen molar-refractivity contribution in [3.05, 3.63) is 42.4 Å². The number of rotatable bonds is 5. The molecule has 20 heavy (non-hydrogen) atoms. The molecular weight excluding hydrogens is 439 g/mol. The Morgan fingerprint density at radius 1 is 1.30 bits per heavy atom. The molecule has 0 aliphatic rings. The molecule has 0 radical (unpaired) electrons. The summed E-state index contributed by atoms with van der Waals surface area (Å²) in [6.07, 6.45) is 0. The fourth-order valence-electron chi connectivity index (χ4n) is 1.53. The molecule has 0 unspecified atom stereocenters. The lowest BCUT2D eigenvalue weighted by molar-refractivity contribution is -0.0498. The molecule has 1 aromatic carbocycles. The molecular formula is C12H8Br2ClF2NOS. The van der Waals surface area contributed by atoms with Gasteiger partial charge in [-0.1, -0.05) is 11.6 Å². The largest absolute Gasteiger partial charge is 0.431 e. The number of anilines is 1. The van der Waals surface area contributed by atoms with E-state index in [9.17, 15) is 8.78 Å². The van der Waals surface area contributed by atoms with Crippen molar-refractivity contribution in [2.75, 3.05) is 5.32 Å². The van der Waals surface area contributed by atoms with Crippen molar-refractivity contribution in [3.63, 3.8) is 0 Å². The Bertz CT molecular complexity index is 609. The van der Waals surface area contributed by atoms with Crippen LogP contribution in [0.5, 0.6) is 5.75 Å². The first-order valence-corrected chi connectivity index (χ1v) is 8.20. The summed E-state index contributed by atoms with van der Waals surface area (Å²) in [4.78, 5) is 1.05. The molecule has 0 aliphatic heterocycles. The van der Waals surface area contributed by atoms with E-state index in [0.717, 1.165) is 9.35 Å². The first kappa shape index (κ1) is 16.0. The number of benzene rings is 1. The molecule has 0 fully saturated rings. The Hall–Kier alpha value is -0.370. The van der Waals surface area contributed by atoms with E-state index in [1.807, 2.05) is 11.4 Å². The summed E-state index contributed by atoms with van der Waals surface area (Å²) in [5.41, 5.74) is 0.411. The van der Waals surface area contributed by atoms with Gasteiger partial charge in [-0.2, -0.15) is 8.78 Å². The average Bonchev–Trinajstić information content (AvgIpc) is 2.76. The maximum absolute atomic E-state index is 12.4. The number of nitrogens with one attached hydrogen (secondary N) is 1. The van der Waals surface area contributed by atoms with E-state index in [2.05, 4.69) is 41.9 Å². The summed E-state index contributed by atoms with van der Waals surface area (Å²) in [5.74, 6) is 0.0417. The summed E-state index contributed by atoms with van der Waals surface area (Å²) in [6, 6.07) is 5.00. The zero-order valence-corrected chi connectivity index (χ0v) is 14.5. The van der Waals surface area contributed by atoms with Gasteiger partial charge in [-0.3, -0.25) is 0 Å². The summed E-state index contributed by atoms with van der Waals surface area (Å²) in [6.45, 7) is -2.41. The molecule has 108 valence electrons. The smallest absolute Gasteiger partial charge is 0.387 e. The Balaban J connectivity index is 2.20. The van der Waals surface area contributed by atoms with Gasteiger partial charge < -0.3 is 10.1 Å². The molecule has 0 amide bonds. The summed E-state index contributed by atoms with van der Waals surface area (Å²) in [7, 11) is 0. The van der Waals surface area contributed by atoms with Crippen LogP contribution in [-0.4, -0.2) is 6.61 Å². The van der Waals surface area contributed by atoms with Crippen LogP contribution >= 0.6 is 54.8 Å². The summed E-state index contributed by atoms with van der Waals surface area (Å²) < 4.78 is 30.8. The highest BCUT2D eigenvalue weighted by molar-refractivity contribution is 9.10. The quantitative estimate of drug-likeness (QED) is 0.595. The molecule has 0 saturated heterocycles. The van der Waals surface area contributed by atoms with Crippen LogP contribution in [0.2, 0.25) is 5.02 Å². The highest BCUT2D eigenvalue weighted by Crippen LogP contribution is 2.38. The first-order chi connectivity index (χ1) is 9.45. The summed E-state index contributed by atoms with van der Waals surface area (Å²) in [5, 5.41) is 5.42. The van der Waals surface area contributed by atoms with Crippen molar-refractivity contribution >= 4 is 60.5 Å². The van der Waals surface area contributed by atoms with Crippen molar-refractivity contribution in [1.29, 1.82) is 0 Å². The van der Waals surface area contributed by atoms with E-state index in [4.69, 9.17) is 11.6 Å². The third-order valence-corrected chi connectivity index (χ3v) is 4.80. The van der Waals surface area contributed by atoms with Crippen molar-refractivity contribution in [1.82, 2.24) is 0 Å². The summed E-state index contributed by atoms with van der Waals surface area (Å²) >= 11 is 14.0. The fraction of sp³-hybridized carbons (Fsp3) is 0.167. The normalized spacial score (nSPS) is 10.9. The maximum atomic E-state index is 12.4. The second kappa shape index (κ2) is 7.06. The number of halogens is 5. The van der Waals surface area contributed by atoms with Crippen LogP contribution in [0.15, 0.2) is 32.5 Å². The second-order valence-corrected chi connectivity index (χ2v) is 6.93. The topological polar surface area (TPSA) is 21.3 Å². The SMILES string of the molecule is FC(F)Oc1c(Br)cc(Cl)cc1NCc1cc(Br)cs1. The van der Waals surface area contributed by atoms with Crippen molar-refractivity contribution in [2.24, 2.45) is 0 Å². The molecule has 1 aromatic heterocycles. The lowest BCUT2D eigenvalue weighted by atomic mass is 10.3. The van der Waals surface area contributed by atoms with E-state index in [1.54, 1.807) is 17.4 Å². The van der Waals surface area contributed by atoms with Gasteiger partial charge in [-0.25, -0.2) is 0 Å². The predicted octanol–water partition coefficient (Wildman–Crippen LogP) is 6.14. The molecule has 1 heterocycles. The zero-order chi connectivity index (χ0) is 14.7. The standard InChI is InChI=1S/C12H8Br2ClF2NOS/c13-6-1-8(20-5-6)4-18-10-3-7(15)2-9(14)11(10)19-12(16)17/h1-3,5,12,18H,4H2. The lowest BCUT2D eigenvalue weighted by Gasteiger charge is -2.14. The third kappa shape index (κ3) is 4.31. The molecule has 0 aliphatic carbocycles. The van der Waals surface area contributed by atoms with Gasteiger partial charge in [0.25, 0.3) is 0 Å². The van der Waals surface area contributed by atoms with Crippen LogP contribution in [0.1, 0.15) is 4.88 Å². The minimum absolute atomic E-state index is 0.0417. The number of hydrogen-bond donors (Lipinski definition) is 1. The molecule has 0 bridgehead atoms. The molecule has 8 heteroatoms. The lowest BCUT2D eigenvalue weighted by Crippen LogP contribution is -2.07. The fourth-order valence-corrected chi connectivity index (χ4v) is 3.82. The number of alkyl halides is 2. The maximum Gasteiger partial charge on any atom is 0.387 e. The molecule has 0 atom stereocenters. The predicted molar refractivity (Wildman–Crippen MR) is 85.1 cm³/mol. The Labute approximate surface area is 140 Å². The van der Waals surface area contributed by atoms with Crippen LogP contribution in [0, 0.1) is 0 Å². The van der Waals surface area contributed by atoms with Crippen LogP contribution in [0.3, 0.4) is 0 Å². The molecule has 1 N–H and O–H groups in total. The van der Waals surface area contributed by atoms with Gasteiger partial charge in [0, 0.05) is 26.3 Å². The first-order valence-electron chi connectivity index (χ1n) is 5.36. The van der Waals surface area contributed by atoms with Gasteiger partial charge in [0.2, 0.25) is 0 Å².